The Morgan fingerprint density at radius 3 is 2.44 bits per heavy atom. The lowest BCUT2D eigenvalue weighted by Gasteiger charge is -2.30. The van der Waals surface area contributed by atoms with E-state index in [0.717, 1.165) is 30.4 Å². The zero-order valence-corrected chi connectivity index (χ0v) is 14.3. The minimum atomic E-state index is -0.248. The van der Waals surface area contributed by atoms with Crippen molar-refractivity contribution >= 4 is 6.09 Å². The number of hydrogen-bond donors (Lipinski definition) is 1. The summed E-state index contributed by atoms with van der Waals surface area (Å²) in [7, 11) is 0. The summed E-state index contributed by atoms with van der Waals surface area (Å²) in [6.45, 7) is 0.296. The lowest BCUT2D eigenvalue weighted by molar-refractivity contribution is 0.0759. The summed E-state index contributed by atoms with van der Waals surface area (Å²) >= 11 is 0. The number of nitrogens with two attached hydrogens (primary N) is 1. The molecule has 4 rings (SSSR count). The number of rotatable bonds is 3. The molecule has 4 nitrogen and oxygen atoms in total. The fourth-order valence-corrected chi connectivity index (χ4v) is 4.47. The highest BCUT2D eigenvalue weighted by Crippen LogP contribution is 2.47. The van der Waals surface area contributed by atoms with Gasteiger partial charge >= 0.3 is 6.09 Å². The van der Waals surface area contributed by atoms with Crippen molar-refractivity contribution in [2.45, 2.75) is 44.0 Å². The molecular formula is C21H24N2O2. The first-order valence-electron chi connectivity index (χ1n) is 9.05. The van der Waals surface area contributed by atoms with E-state index in [9.17, 15) is 4.79 Å². The van der Waals surface area contributed by atoms with Crippen LogP contribution in [-0.4, -0.2) is 23.1 Å². The van der Waals surface area contributed by atoms with Crippen LogP contribution in [0.5, 0.6) is 0 Å². The topological polar surface area (TPSA) is 55.6 Å². The van der Waals surface area contributed by atoms with Crippen LogP contribution in [0.3, 0.4) is 0 Å². The molecule has 1 aliphatic heterocycles. The monoisotopic (exact) mass is 336 g/mol. The number of fused-ring (bicyclic) bond motifs is 1. The van der Waals surface area contributed by atoms with Gasteiger partial charge in [-0.05, 0) is 29.9 Å². The number of ether oxygens (including phenoxy) is 1. The Kier molecular flexibility index (Phi) is 4.45. The van der Waals surface area contributed by atoms with Gasteiger partial charge in [0.2, 0.25) is 0 Å². The Balaban J connectivity index is 1.56. The molecule has 4 atom stereocenters. The van der Waals surface area contributed by atoms with Gasteiger partial charge in [-0.15, -0.1) is 0 Å². The maximum atomic E-state index is 12.9. The first-order chi connectivity index (χ1) is 12.3. The Morgan fingerprint density at radius 2 is 1.72 bits per heavy atom. The number of carbonyl (C=O) groups is 1. The number of likely N-dealkylation sites (tertiary alicyclic amines) is 1. The highest BCUT2D eigenvalue weighted by Gasteiger charge is 2.52. The number of carbonyl (C=O) groups excluding carboxylic acids is 1. The van der Waals surface area contributed by atoms with Gasteiger partial charge in [-0.25, -0.2) is 4.79 Å². The third-order valence-electron chi connectivity index (χ3n) is 5.60. The van der Waals surface area contributed by atoms with Crippen molar-refractivity contribution in [2.24, 2.45) is 11.7 Å². The van der Waals surface area contributed by atoms with Crippen molar-refractivity contribution in [3.8, 4) is 0 Å². The number of hydrogen-bond acceptors (Lipinski definition) is 3. The smallest absolute Gasteiger partial charge is 0.410 e. The van der Waals surface area contributed by atoms with Gasteiger partial charge in [-0.3, -0.25) is 4.90 Å². The van der Waals surface area contributed by atoms with Crippen molar-refractivity contribution in [2.75, 3.05) is 0 Å². The molecule has 130 valence electrons. The van der Waals surface area contributed by atoms with Crippen LogP contribution >= 0.6 is 0 Å². The van der Waals surface area contributed by atoms with E-state index >= 15 is 0 Å². The van der Waals surface area contributed by atoms with E-state index in [2.05, 4.69) is 12.1 Å². The van der Waals surface area contributed by atoms with Crippen molar-refractivity contribution in [3.63, 3.8) is 0 Å². The van der Waals surface area contributed by atoms with E-state index in [1.165, 1.54) is 0 Å². The molecule has 4 heteroatoms. The third kappa shape index (κ3) is 3.02. The van der Waals surface area contributed by atoms with Crippen LogP contribution in [0.2, 0.25) is 0 Å². The van der Waals surface area contributed by atoms with Crippen molar-refractivity contribution < 1.29 is 9.53 Å². The molecule has 1 amide bonds. The van der Waals surface area contributed by atoms with Gasteiger partial charge in [-0.2, -0.15) is 0 Å². The van der Waals surface area contributed by atoms with Gasteiger partial charge < -0.3 is 10.5 Å². The SMILES string of the molecule is N[C@@H]1[C@H]2CCC[C@H]2N(C(=O)OCc2ccccc2)[C@@H]1c1ccccc1. The number of nitrogens with zero attached hydrogens (tertiary/aromatic N) is 1. The summed E-state index contributed by atoms with van der Waals surface area (Å²) in [5, 5.41) is 0. The van der Waals surface area contributed by atoms with Crippen molar-refractivity contribution in [1.82, 2.24) is 4.90 Å². The van der Waals surface area contributed by atoms with E-state index in [1.807, 2.05) is 53.4 Å². The Labute approximate surface area is 148 Å². The van der Waals surface area contributed by atoms with E-state index < -0.39 is 0 Å². The van der Waals surface area contributed by atoms with Gasteiger partial charge in [0.1, 0.15) is 6.61 Å². The van der Waals surface area contributed by atoms with Crippen LogP contribution < -0.4 is 5.73 Å². The fraction of sp³-hybridized carbons (Fsp3) is 0.381. The van der Waals surface area contributed by atoms with Gasteiger partial charge in [0.15, 0.2) is 0 Å². The number of amides is 1. The first-order valence-corrected chi connectivity index (χ1v) is 9.05. The highest BCUT2D eigenvalue weighted by molar-refractivity contribution is 5.70. The van der Waals surface area contributed by atoms with E-state index in [0.29, 0.717) is 12.5 Å². The summed E-state index contributed by atoms with van der Waals surface area (Å²) in [6.07, 6.45) is 3.00. The lowest BCUT2D eigenvalue weighted by Crippen LogP contribution is -2.39. The minimum Gasteiger partial charge on any atom is -0.445 e. The maximum Gasteiger partial charge on any atom is 0.410 e. The molecule has 2 aromatic rings. The second-order valence-electron chi connectivity index (χ2n) is 7.04. The third-order valence-corrected chi connectivity index (χ3v) is 5.60. The van der Waals surface area contributed by atoms with Gasteiger partial charge in [0, 0.05) is 12.1 Å². The van der Waals surface area contributed by atoms with Crippen LogP contribution in [0.1, 0.15) is 36.4 Å². The van der Waals surface area contributed by atoms with Crippen LogP contribution in [0, 0.1) is 5.92 Å². The van der Waals surface area contributed by atoms with Gasteiger partial charge in [0.05, 0.1) is 6.04 Å². The molecule has 0 bridgehead atoms. The summed E-state index contributed by atoms with van der Waals surface area (Å²) in [6, 6.07) is 20.0. The Bertz CT molecular complexity index is 719. The molecule has 0 spiro atoms. The minimum absolute atomic E-state index is 0.0285. The zero-order chi connectivity index (χ0) is 17.2. The molecule has 0 radical (unpaired) electrons. The molecule has 2 aromatic carbocycles. The largest absolute Gasteiger partial charge is 0.445 e. The lowest BCUT2D eigenvalue weighted by atomic mass is 9.93. The summed E-state index contributed by atoms with van der Waals surface area (Å²) in [5.41, 5.74) is 8.68. The summed E-state index contributed by atoms with van der Waals surface area (Å²) < 4.78 is 5.65. The molecule has 2 fully saturated rings. The standard InChI is InChI=1S/C21H24N2O2/c22-19-17-12-7-13-18(17)23(20(19)16-10-5-2-6-11-16)21(24)25-14-15-8-3-1-4-9-15/h1-6,8-11,17-20H,7,12-14,22H2/t17-,18+,19+,20+/m0/s1. The second kappa shape index (κ2) is 6.89. The normalized spacial score (nSPS) is 28.0. The van der Waals surface area contributed by atoms with E-state index in [1.54, 1.807) is 0 Å². The molecule has 1 saturated heterocycles. The predicted octanol–water partition coefficient (Wildman–Crippen LogP) is 3.88. The molecule has 25 heavy (non-hydrogen) atoms. The van der Waals surface area contributed by atoms with Crippen molar-refractivity contribution in [1.29, 1.82) is 0 Å². The molecule has 2 N–H and O–H groups in total. The Hall–Kier alpha value is -2.33. The molecule has 1 heterocycles. The molecule has 1 saturated carbocycles. The van der Waals surface area contributed by atoms with Gasteiger partial charge in [0.25, 0.3) is 0 Å². The molecular weight excluding hydrogens is 312 g/mol. The van der Waals surface area contributed by atoms with Crippen LogP contribution in [0.15, 0.2) is 60.7 Å². The average molecular weight is 336 g/mol. The molecule has 1 aliphatic carbocycles. The van der Waals surface area contributed by atoms with E-state index in [-0.39, 0.29) is 24.2 Å². The first kappa shape index (κ1) is 16.2. The van der Waals surface area contributed by atoms with Crippen LogP contribution in [0.4, 0.5) is 4.79 Å². The second-order valence-corrected chi connectivity index (χ2v) is 7.04. The Morgan fingerprint density at radius 1 is 1.04 bits per heavy atom. The molecule has 0 unspecified atom stereocenters. The van der Waals surface area contributed by atoms with E-state index in [4.69, 9.17) is 10.5 Å². The quantitative estimate of drug-likeness (QED) is 0.925. The maximum absolute atomic E-state index is 12.9. The van der Waals surface area contributed by atoms with Crippen LogP contribution in [-0.2, 0) is 11.3 Å². The predicted molar refractivity (Wildman–Crippen MR) is 96.8 cm³/mol. The summed E-state index contributed by atoms with van der Waals surface area (Å²) in [4.78, 5) is 14.9. The van der Waals surface area contributed by atoms with Crippen LogP contribution in [0.25, 0.3) is 0 Å². The number of benzene rings is 2. The summed E-state index contributed by atoms with van der Waals surface area (Å²) in [5.74, 6) is 0.370. The van der Waals surface area contributed by atoms with Gasteiger partial charge in [-0.1, -0.05) is 67.1 Å². The average Bonchev–Trinajstić information content (AvgIpc) is 3.23. The molecule has 2 aliphatic rings. The molecule has 0 aromatic heterocycles. The fourth-order valence-electron chi connectivity index (χ4n) is 4.47. The highest BCUT2D eigenvalue weighted by atomic mass is 16.6. The zero-order valence-electron chi connectivity index (χ0n) is 14.3. The van der Waals surface area contributed by atoms with Crippen molar-refractivity contribution in [3.05, 3.63) is 71.8 Å².